The van der Waals surface area contributed by atoms with E-state index in [1.54, 1.807) is 30.3 Å². The summed E-state index contributed by atoms with van der Waals surface area (Å²) in [6.07, 6.45) is -3.20. The summed E-state index contributed by atoms with van der Waals surface area (Å²) >= 11 is 11.1. The zero-order valence-electron chi connectivity index (χ0n) is 12.9. The molecule has 0 aliphatic carbocycles. The standard InChI is InChI=1S/C17H10ClF3N2O2S/c18-11-3-1-2-10(8-11)9-14-15(24)23(16(26)22-14)12-4-6-13(7-5-12)25-17(19,20)21/h1-9H,(H,22,26)/b14-9+. The zero-order chi connectivity index (χ0) is 18.9. The van der Waals surface area contributed by atoms with Gasteiger partial charge in [0.15, 0.2) is 5.11 Å². The van der Waals surface area contributed by atoms with Crippen molar-refractivity contribution in [1.82, 2.24) is 5.32 Å². The quantitative estimate of drug-likeness (QED) is 0.610. The molecule has 26 heavy (non-hydrogen) atoms. The Morgan fingerprint density at radius 2 is 1.85 bits per heavy atom. The molecule has 0 unspecified atom stereocenters. The van der Waals surface area contributed by atoms with Gasteiger partial charge in [0.1, 0.15) is 11.4 Å². The van der Waals surface area contributed by atoms with Crippen LogP contribution in [0.1, 0.15) is 5.56 Å². The fourth-order valence-corrected chi connectivity index (χ4v) is 2.83. The van der Waals surface area contributed by atoms with E-state index in [0.29, 0.717) is 16.3 Å². The SMILES string of the molecule is O=C1/C(=C\c2cccc(Cl)c2)NC(=S)N1c1ccc(OC(F)(F)F)cc1. The summed E-state index contributed by atoms with van der Waals surface area (Å²) in [5.41, 5.74) is 1.25. The molecule has 1 saturated heterocycles. The Morgan fingerprint density at radius 1 is 1.15 bits per heavy atom. The van der Waals surface area contributed by atoms with E-state index in [9.17, 15) is 18.0 Å². The number of carbonyl (C=O) groups is 1. The van der Waals surface area contributed by atoms with Crippen LogP contribution in [0.5, 0.6) is 5.75 Å². The maximum Gasteiger partial charge on any atom is 0.573 e. The Morgan fingerprint density at radius 3 is 2.46 bits per heavy atom. The fraction of sp³-hybridized carbons (Fsp3) is 0.0588. The van der Waals surface area contributed by atoms with Crippen LogP contribution in [0.2, 0.25) is 5.02 Å². The summed E-state index contributed by atoms with van der Waals surface area (Å²) in [7, 11) is 0. The van der Waals surface area contributed by atoms with Gasteiger partial charge in [-0.3, -0.25) is 9.69 Å². The van der Waals surface area contributed by atoms with E-state index < -0.39 is 12.3 Å². The molecule has 2 aromatic carbocycles. The van der Waals surface area contributed by atoms with Crippen LogP contribution in [0.25, 0.3) is 6.08 Å². The van der Waals surface area contributed by atoms with Crippen LogP contribution in [0.3, 0.4) is 0 Å². The Labute approximate surface area is 156 Å². The molecule has 9 heteroatoms. The minimum Gasteiger partial charge on any atom is -0.406 e. The third-order valence-electron chi connectivity index (χ3n) is 3.37. The highest BCUT2D eigenvalue weighted by atomic mass is 35.5. The second-order valence-electron chi connectivity index (χ2n) is 5.23. The van der Waals surface area contributed by atoms with Crippen LogP contribution in [0.15, 0.2) is 54.2 Å². The van der Waals surface area contributed by atoms with Crippen LogP contribution in [-0.4, -0.2) is 17.4 Å². The maximum atomic E-state index is 12.6. The van der Waals surface area contributed by atoms with Crippen molar-refractivity contribution in [2.75, 3.05) is 4.90 Å². The number of thiocarbonyl (C=S) groups is 1. The first kappa shape index (κ1) is 18.2. The van der Waals surface area contributed by atoms with Gasteiger partial charge in [-0.25, -0.2) is 0 Å². The Balaban J connectivity index is 1.83. The molecule has 0 atom stereocenters. The van der Waals surface area contributed by atoms with Gasteiger partial charge in [-0.05, 0) is 60.3 Å². The van der Waals surface area contributed by atoms with Crippen molar-refractivity contribution < 1.29 is 22.7 Å². The average Bonchev–Trinajstić information content (AvgIpc) is 2.81. The van der Waals surface area contributed by atoms with E-state index in [1.807, 2.05) is 0 Å². The summed E-state index contributed by atoms with van der Waals surface area (Å²) in [5, 5.41) is 3.42. The van der Waals surface area contributed by atoms with Crippen LogP contribution in [0.4, 0.5) is 18.9 Å². The zero-order valence-corrected chi connectivity index (χ0v) is 14.5. The van der Waals surface area contributed by atoms with Gasteiger partial charge < -0.3 is 10.1 Å². The van der Waals surface area contributed by atoms with Crippen LogP contribution in [-0.2, 0) is 4.79 Å². The van der Waals surface area contributed by atoms with E-state index in [-0.39, 0.29) is 16.6 Å². The molecule has 0 spiro atoms. The molecule has 134 valence electrons. The molecule has 0 bridgehead atoms. The predicted molar refractivity (Wildman–Crippen MR) is 95.8 cm³/mol. The molecular formula is C17H10ClF3N2O2S. The molecule has 3 rings (SSSR count). The smallest absolute Gasteiger partial charge is 0.406 e. The molecule has 4 nitrogen and oxygen atoms in total. The van der Waals surface area contributed by atoms with Gasteiger partial charge in [0.25, 0.3) is 5.91 Å². The summed E-state index contributed by atoms with van der Waals surface area (Å²) < 4.78 is 40.5. The monoisotopic (exact) mass is 398 g/mol. The molecule has 1 aliphatic rings. The minimum absolute atomic E-state index is 0.118. The minimum atomic E-state index is -4.78. The van der Waals surface area contributed by atoms with E-state index >= 15 is 0 Å². The molecular weight excluding hydrogens is 389 g/mol. The molecule has 0 radical (unpaired) electrons. The normalized spacial score (nSPS) is 16.2. The summed E-state index contributed by atoms with van der Waals surface area (Å²) in [6, 6.07) is 11.7. The highest BCUT2D eigenvalue weighted by Gasteiger charge is 2.33. The average molecular weight is 399 g/mol. The molecule has 1 aliphatic heterocycles. The van der Waals surface area contributed by atoms with Gasteiger partial charge in [-0.2, -0.15) is 0 Å². The summed E-state index contributed by atoms with van der Waals surface area (Å²) in [6.45, 7) is 0. The molecule has 2 aromatic rings. The molecule has 1 heterocycles. The Hall–Kier alpha value is -2.58. The third kappa shape index (κ3) is 4.14. The molecule has 1 fully saturated rings. The lowest BCUT2D eigenvalue weighted by atomic mass is 10.2. The molecule has 0 saturated carbocycles. The number of rotatable bonds is 3. The number of hydrogen-bond donors (Lipinski definition) is 1. The molecule has 1 amide bonds. The van der Waals surface area contributed by atoms with Gasteiger partial charge in [0.2, 0.25) is 0 Å². The van der Waals surface area contributed by atoms with Crippen LogP contribution >= 0.6 is 23.8 Å². The Bertz CT molecular complexity index is 898. The van der Waals surface area contributed by atoms with Crippen molar-refractivity contribution in [1.29, 1.82) is 0 Å². The number of amides is 1. The summed E-state index contributed by atoms with van der Waals surface area (Å²) in [5.74, 6) is -0.819. The lowest BCUT2D eigenvalue weighted by Gasteiger charge is -2.15. The third-order valence-corrected chi connectivity index (χ3v) is 3.89. The molecule has 1 N–H and O–H groups in total. The maximum absolute atomic E-state index is 12.6. The fourth-order valence-electron chi connectivity index (χ4n) is 2.33. The van der Waals surface area contributed by atoms with Gasteiger partial charge >= 0.3 is 6.36 Å². The first-order valence-corrected chi connectivity index (χ1v) is 8.00. The van der Waals surface area contributed by atoms with E-state index in [1.165, 1.54) is 17.0 Å². The highest BCUT2D eigenvalue weighted by molar-refractivity contribution is 7.80. The van der Waals surface area contributed by atoms with E-state index in [2.05, 4.69) is 10.1 Å². The van der Waals surface area contributed by atoms with Gasteiger partial charge in [0.05, 0.1) is 5.69 Å². The predicted octanol–water partition coefficient (Wildman–Crippen LogP) is 4.50. The number of carbonyl (C=O) groups excluding carboxylic acids is 1. The molecule has 0 aromatic heterocycles. The lowest BCUT2D eigenvalue weighted by molar-refractivity contribution is -0.274. The van der Waals surface area contributed by atoms with Crippen molar-refractivity contribution in [2.45, 2.75) is 6.36 Å². The van der Waals surface area contributed by atoms with E-state index in [0.717, 1.165) is 12.1 Å². The van der Waals surface area contributed by atoms with Crippen molar-refractivity contribution >= 4 is 46.6 Å². The topological polar surface area (TPSA) is 41.6 Å². The first-order chi connectivity index (χ1) is 12.2. The first-order valence-electron chi connectivity index (χ1n) is 7.21. The second-order valence-corrected chi connectivity index (χ2v) is 6.05. The number of nitrogens with zero attached hydrogens (tertiary/aromatic N) is 1. The number of halogens is 4. The van der Waals surface area contributed by atoms with Gasteiger partial charge in [-0.15, -0.1) is 13.2 Å². The van der Waals surface area contributed by atoms with Crippen molar-refractivity contribution in [2.24, 2.45) is 0 Å². The second kappa shape index (κ2) is 6.97. The van der Waals surface area contributed by atoms with Crippen LogP contribution < -0.4 is 15.0 Å². The number of benzene rings is 2. The van der Waals surface area contributed by atoms with Crippen molar-refractivity contribution in [3.8, 4) is 5.75 Å². The van der Waals surface area contributed by atoms with Gasteiger partial charge in [-0.1, -0.05) is 23.7 Å². The van der Waals surface area contributed by atoms with Crippen molar-refractivity contribution in [3.05, 3.63) is 64.8 Å². The number of ether oxygens (including phenoxy) is 1. The Kier molecular flexibility index (Phi) is 4.88. The number of alkyl halides is 3. The lowest BCUT2D eigenvalue weighted by Crippen LogP contribution is -2.30. The van der Waals surface area contributed by atoms with Crippen molar-refractivity contribution in [3.63, 3.8) is 0 Å². The number of hydrogen-bond acceptors (Lipinski definition) is 3. The number of nitrogens with one attached hydrogen (secondary N) is 1. The van der Waals surface area contributed by atoms with E-state index in [4.69, 9.17) is 23.8 Å². The largest absolute Gasteiger partial charge is 0.573 e. The highest BCUT2D eigenvalue weighted by Crippen LogP contribution is 2.28. The number of anilines is 1. The van der Waals surface area contributed by atoms with Crippen LogP contribution in [0, 0.1) is 0 Å². The summed E-state index contributed by atoms with van der Waals surface area (Å²) in [4.78, 5) is 13.8. The van der Waals surface area contributed by atoms with Gasteiger partial charge in [0, 0.05) is 5.02 Å².